The normalized spacial score (nSPS) is 11.5. The van der Waals surface area contributed by atoms with Gasteiger partial charge in [0.05, 0.1) is 12.7 Å². The molecule has 90 valence electrons. The summed E-state index contributed by atoms with van der Waals surface area (Å²) in [6.45, 7) is 6.28. The van der Waals surface area contributed by atoms with E-state index < -0.39 is 0 Å². The summed E-state index contributed by atoms with van der Waals surface area (Å²) in [7, 11) is 1.53. The molecule has 0 bridgehead atoms. The van der Waals surface area contributed by atoms with E-state index >= 15 is 0 Å². The van der Waals surface area contributed by atoms with E-state index in [1.807, 2.05) is 32.9 Å². The van der Waals surface area contributed by atoms with E-state index in [0.29, 0.717) is 12.3 Å². The zero-order chi connectivity index (χ0) is 12.2. The topological polar surface area (TPSA) is 50.7 Å². The largest absolute Gasteiger partial charge is 0.504 e. The monoisotopic (exact) mass is 225 g/mol. The molecular formula is C12H19NO3. The van der Waals surface area contributed by atoms with Gasteiger partial charge in [-0.25, -0.2) is 0 Å². The fraction of sp³-hybridized carbons (Fsp3) is 0.500. The number of hydrogen-bond acceptors (Lipinski definition) is 4. The Labute approximate surface area is 96.1 Å². The average molecular weight is 225 g/mol. The van der Waals surface area contributed by atoms with Gasteiger partial charge in [-0.3, -0.25) is 4.84 Å². The van der Waals surface area contributed by atoms with Gasteiger partial charge in [-0.05, 0) is 26.8 Å². The maximum atomic E-state index is 9.80. The van der Waals surface area contributed by atoms with Crippen LogP contribution in [0.25, 0.3) is 0 Å². The number of nitrogens with one attached hydrogen (secondary N) is 1. The number of phenols is 1. The first-order valence-corrected chi connectivity index (χ1v) is 5.20. The van der Waals surface area contributed by atoms with E-state index in [9.17, 15) is 5.11 Å². The van der Waals surface area contributed by atoms with Crippen LogP contribution < -0.4 is 10.2 Å². The minimum absolute atomic E-state index is 0.148. The lowest BCUT2D eigenvalue weighted by atomic mass is 10.2. The molecule has 0 heterocycles. The Morgan fingerprint density at radius 3 is 2.56 bits per heavy atom. The second-order valence-electron chi connectivity index (χ2n) is 4.50. The van der Waals surface area contributed by atoms with Crippen LogP contribution >= 0.6 is 0 Å². The van der Waals surface area contributed by atoms with Crippen LogP contribution in [0.2, 0.25) is 0 Å². The third-order valence-corrected chi connectivity index (χ3v) is 1.94. The third-order valence-electron chi connectivity index (χ3n) is 1.94. The van der Waals surface area contributed by atoms with Gasteiger partial charge < -0.3 is 9.84 Å². The van der Waals surface area contributed by atoms with Crippen LogP contribution in [0, 0.1) is 0 Å². The highest BCUT2D eigenvalue weighted by atomic mass is 16.7. The first-order chi connectivity index (χ1) is 7.44. The van der Waals surface area contributed by atoms with Gasteiger partial charge in [0, 0.05) is 12.1 Å². The van der Waals surface area contributed by atoms with Crippen molar-refractivity contribution < 1.29 is 14.7 Å². The standard InChI is InChI=1S/C12H19NO3/c1-12(2,3)16-13-8-9-6-5-7-10(15-4)11(9)14/h5-7,13-14H,8H2,1-4H3. The minimum atomic E-state index is -0.255. The summed E-state index contributed by atoms with van der Waals surface area (Å²) < 4.78 is 5.01. The lowest BCUT2D eigenvalue weighted by Gasteiger charge is -2.19. The molecule has 0 radical (unpaired) electrons. The van der Waals surface area contributed by atoms with E-state index in [2.05, 4.69) is 5.48 Å². The number of phenolic OH excluding ortho intramolecular Hbond substituents is 1. The summed E-state index contributed by atoms with van der Waals surface area (Å²) in [6.07, 6.45) is 0. The highest BCUT2D eigenvalue weighted by Crippen LogP contribution is 2.29. The highest BCUT2D eigenvalue weighted by Gasteiger charge is 2.11. The molecule has 4 nitrogen and oxygen atoms in total. The Bertz CT molecular complexity index is 345. The molecule has 0 fully saturated rings. The van der Waals surface area contributed by atoms with Crippen LogP contribution in [0.5, 0.6) is 11.5 Å². The SMILES string of the molecule is COc1cccc(CNOC(C)(C)C)c1O. The lowest BCUT2D eigenvalue weighted by Crippen LogP contribution is -2.28. The second kappa shape index (κ2) is 5.18. The van der Waals surface area contributed by atoms with Crippen LogP contribution in [0.1, 0.15) is 26.3 Å². The van der Waals surface area contributed by atoms with Crippen LogP contribution in [-0.4, -0.2) is 17.8 Å². The lowest BCUT2D eigenvalue weighted by molar-refractivity contribution is -0.0759. The molecule has 0 aliphatic heterocycles. The summed E-state index contributed by atoms with van der Waals surface area (Å²) in [5, 5.41) is 9.80. The number of para-hydroxylation sites is 1. The number of benzene rings is 1. The average Bonchev–Trinajstić information content (AvgIpc) is 2.19. The zero-order valence-electron chi connectivity index (χ0n) is 10.2. The summed E-state index contributed by atoms with van der Waals surface area (Å²) >= 11 is 0. The number of methoxy groups -OCH3 is 1. The Balaban J connectivity index is 2.61. The molecule has 0 unspecified atom stereocenters. The first kappa shape index (κ1) is 12.8. The van der Waals surface area contributed by atoms with Crippen molar-refractivity contribution in [3.8, 4) is 11.5 Å². The van der Waals surface area contributed by atoms with Crippen LogP contribution in [0.15, 0.2) is 18.2 Å². The van der Waals surface area contributed by atoms with Crippen molar-refractivity contribution >= 4 is 0 Å². The Hall–Kier alpha value is -1.26. The molecule has 0 amide bonds. The summed E-state index contributed by atoms with van der Waals surface area (Å²) in [5.41, 5.74) is 3.30. The number of rotatable bonds is 4. The molecule has 0 spiro atoms. The third kappa shape index (κ3) is 3.72. The molecule has 1 aromatic rings. The second-order valence-corrected chi connectivity index (χ2v) is 4.50. The maximum Gasteiger partial charge on any atom is 0.162 e. The molecule has 0 aliphatic carbocycles. The number of ether oxygens (including phenoxy) is 1. The molecule has 4 heteroatoms. The number of hydrogen-bond donors (Lipinski definition) is 2. The molecule has 0 atom stereocenters. The number of aromatic hydroxyl groups is 1. The van der Waals surface area contributed by atoms with Gasteiger partial charge in [0.15, 0.2) is 11.5 Å². The summed E-state index contributed by atoms with van der Waals surface area (Å²) in [6, 6.07) is 5.35. The van der Waals surface area contributed by atoms with E-state index in [0.717, 1.165) is 5.56 Å². The molecule has 16 heavy (non-hydrogen) atoms. The first-order valence-electron chi connectivity index (χ1n) is 5.20. The van der Waals surface area contributed by atoms with Crippen molar-refractivity contribution in [1.29, 1.82) is 0 Å². The zero-order valence-corrected chi connectivity index (χ0v) is 10.2. The predicted octanol–water partition coefficient (Wildman–Crippen LogP) is 2.22. The van der Waals surface area contributed by atoms with Crippen molar-refractivity contribution in [2.24, 2.45) is 0 Å². The van der Waals surface area contributed by atoms with Gasteiger partial charge in [-0.15, -0.1) is 0 Å². The van der Waals surface area contributed by atoms with Crippen LogP contribution in [0.3, 0.4) is 0 Å². The predicted molar refractivity (Wildman–Crippen MR) is 62.3 cm³/mol. The Morgan fingerprint density at radius 1 is 1.31 bits per heavy atom. The van der Waals surface area contributed by atoms with Gasteiger partial charge in [-0.1, -0.05) is 12.1 Å². The molecule has 1 rings (SSSR count). The highest BCUT2D eigenvalue weighted by molar-refractivity contribution is 5.45. The van der Waals surface area contributed by atoms with E-state index in [-0.39, 0.29) is 11.4 Å². The van der Waals surface area contributed by atoms with E-state index in [1.165, 1.54) is 7.11 Å². The van der Waals surface area contributed by atoms with Crippen LogP contribution in [0.4, 0.5) is 0 Å². The summed E-state index contributed by atoms with van der Waals surface area (Å²) in [5.74, 6) is 0.616. The molecule has 0 aromatic heterocycles. The van der Waals surface area contributed by atoms with E-state index in [4.69, 9.17) is 9.57 Å². The fourth-order valence-corrected chi connectivity index (χ4v) is 1.21. The molecular weight excluding hydrogens is 206 g/mol. The fourth-order valence-electron chi connectivity index (χ4n) is 1.21. The smallest absolute Gasteiger partial charge is 0.162 e. The molecule has 1 aromatic carbocycles. The van der Waals surface area contributed by atoms with Gasteiger partial charge in [0.25, 0.3) is 0 Å². The van der Waals surface area contributed by atoms with Gasteiger partial charge in [-0.2, -0.15) is 5.48 Å². The van der Waals surface area contributed by atoms with E-state index in [1.54, 1.807) is 6.07 Å². The molecule has 0 saturated heterocycles. The van der Waals surface area contributed by atoms with Crippen molar-refractivity contribution in [2.45, 2.75) is 32.9 Å². The van der Waals surface area contributed by atoms with Crippen molar-refractivity contribution in [3.05, 3.63) is 23.8 Å². The van der Waals surface area contributed by atoms with Crippen molar-refractivity contribution in [3.63, 3.8) is 0 Å². The Kier molecular flexibility index (Phi) is 4.15. The van der Waals surface area contributed by atoms with Gasteiger partial charge in [0.2, 0.25) is 0 Å². The molecule has 0 aliphatic rings. The van der Waals surface area contributed by atoms with Crippen molar-refractivity contribution in [1.82, 2.24) is 5.48 Å². The van der Waals surface area contributed by atoms with Crippen LogP contribution in [-0.2, 0) is 11.4 Å². The number of hydroxylamine groups is 1. The van der Waals surface area contributed by atoms with Crippen molar-refractivity contribution in [2.75, 3.05) is 7.11 Å². The quantitative estimate of drug-likeness (QED) is 0.771. The molecule has 2 N–H and O–H groups in total. The van der Waals surface area contributed by atoms with Gasteiger partial charge >= 0.3 is 0 Å². The molecule has 0 saturated carbocycles. The Morgan fingerprint density at radius 2 is 2.00 bits per heavy atom. The maximum absolute atomic E-state index is 9.80. The summed E-state index contributed by atoms with van der Waals surface area (Å²) in [4.78, 5) is 5.36. The van der Waals surface area contributed by atoms with Gasteiger partial charge in [0.1, 0.15) is 0 Å². The minimum Gasteiger partial charge on any atom is -0.504 e.